The van der Waals surface area contributed by atoms with Crippen LogP contribution in [0.5, 0.6) is 0 Å². The first-order valence-electron chi connectivity index (χ1n) is 6.43. The number of nitro groups is 1. The van der Waals surface area contributed by atoms with Crippen LogP contribution in [0, 0.1) is 10.1 Å². The normalized spacial score (nSPS) is 15.7. The molecule has 0 unspecified atom stereocenters. The monoisotopic (exact) mass is 279 g/mol. The highest BCUT2D eigenvalue weighted by molar-refractivity contribution is 6.00. The van der Waals surface area contributed by atoms with E-state index in [0.29, 0.717) is 5.69 Å². The molecule has 20 heavy (non-hydrogen) atoms. The molecule has 1 heterocycles. The van der Waals surface area contributed by atoms with Crippen molar-refractivity contribution in [3.05, 3.63) is 33.9 Å². The molecule has 1 saturated heterocycles. The summed E-state index contributed by atoms with van der Waals surface area (Å²) in [6.07, 6.45) is 3.20. The number of piperidine rings is 1. The number of benzene rings is 1. The Bertz CT molecular complexity index is 514. The highest BCUT2D eigenvalue weighted by Gasteiger charge is 2.19. The number of nitrogens with zero attached hydrogens (tertiary/aromatic N) is 2. The van der Waals surface area contributed by atoms with E-state index >= 15 is 0 Å². The molecule has 8 heteroatoms. The minimum Gasteiger partial charge on any atom is -0.323 e. The van der Waals surface area contributed by atoms with Crippen LogP contribution in [0.25, 0.3) is 0 Å². The summed E-state index contributed by atoms with van der Waals surface area (Å²) in [6.45, 7) is 1.57. The molecule has 0 saturated carbocycles. The predicted octanol–water partition coefficient (Wildman–Crippen LogP) is 1.01. The van der Waals surface area contributed by atoms with Gasteiger partial charge in [0, 0.05) is 25.2 Å². The van der Waals surface area contributed by atoms with Gasteiger partial charge in [0.05, 0.1) is 16.2 Å². The maximum Gasteiger partial charge on any atom is 0.270 e. The summed E-state index contributed by atoms with van der Waals surface area (Å²) < 4.78 is 0. The molecule has 0 bridgehead atoms. The smallest absolute Gasteiger partial charge is 0.270 e. The van der Waals surface area contributed by atoms with Crippen molar-refractivity contribution in [1.82, 2.24) is 10.4 Å². The quantitative estimate of drug-likeness (QED) is 0.430. The van der Waals surface area contributed by atoms with Gasteiger partial charge in [-0.3, -0.25) is 26.2 Å². The van der Waals surface area contributed by atoms with E-state index in [-0.39, 0.29) is 11.3 Å². The first-order chi connectivity index (χ1) is 9.61. The molecule has 0 aromatic heterocycles. The fourth-order valence-electron chi connectivity index (χ4n) is 2.17. The van der Waals surface area contributed by atoms with Gasteiger partial charge in [0.15, 0.2) is 0 Å². The molecular formula is C12H17N5O3. The molecule has 0 spiro atoms. The number of carbonyl (C=O) groups is 1. The van der Waals surface area contributed by atoms with Crippen LogP contribution in [0.1, 0.15) is 29.6 Å². The molecule has 2 rings (SSSR count). The third-order valence-corrected chi connectivity index (χ3v) is 3.23. The van der Waals surface area contributed by atoms with Gasteiger partial charge in [-0.2, -0.15) is 0 Å². The molecule has 0 radical (unpaired) electrons. The first-order valence-corrected chi connectivity index (χ1v) is 6.43. The zero-order chi connectivity index (χ0) is 14.5. The number of anilines is 1. The van der Waals surface area contributed by atoms with E-state index in [0.717, 1.165) is 32.4 Å². The van der Waals surface area contributed by atoms with Crippen LogP contribution < -0.4 is 16.7 Å². The van der Waals surface area contributed by atoms with Crippen molar-refractivity contribution in [2.45, 2.75) is 19.3 Å². The van der Waals surface area contributed by atoms with Gasteiger partial charge in [-0.05, 0) is 18.9 Å². The van der Waals surface area contributed by atoms with Crippen LogP contribution in [0.4, 0.5) is 11.4 Å². The van der Waals surface area contributed by atoms with Crippen molar-refractivity contribution >= 4 is 17.3 Å². The summed E-state index contributed by atoms with van der Waals surface area (Å²) >= 11 is 0. The molecule has 1 fully saturated rings. The largest absolute Gasteiger partial charge is 0.323 e. The van der Waals surface area contributed by atoms with Gasteiger partial charge in [-0.15, -0.1) is 0 Å². The molecule has 1 amide bonds. The van der Waals surface area contributed by atoms with E-state index in [4.69, 9.17) is 5.84 Å². The molecule has 4 N–H and O–H groups in total. The minimum atomic E-state index is -0.544. The Kier molecular flexibility index (Phi) is 4.49. The van der Waals surface area contributed by atoms with E-state index in [2.05, 4.69) is 10.9 Å². The van der Waals surface area contributed by atoms with E-state index in [1.807, 2.05) is 5.01 Å². The second-order valence-corrected chi connectivity index (χ2v) is 4.62. The topological polar surface area (TPSA) is 114 Å². The van der Waals surface area contributed by atoms with Crippen molar-refractivity contribution in [1.29, 1.82) is 0 Å². The molecule has 8 nitrogen and oxygen atoms in total. The predicted molar refractivity (Wildman–Crippen MR) is 73.8 cm³/mol. The fourth-order valence-corrected chi connectivity index (χ4v) is 2.17. The molecule has 108 valence electrons. The standard InChI is InChI=1S/C12H17N5O3/c13-14-11-5-4-9(17(19)20)8-10(11)12(18)15-16-6-2-1-3-7-16/h4-5,8,14H,1-3,6-7,13H2,(H,15,18). The Morgan fingerprint density at radius 2 is 2.00 bits per heavy atom. The third-order valence-electron chi connectivity index (χ3n) is 3.23. The highest BCUT2D eigenvalue weighted by Crippen LogP contribution is 2.21. The van der Waals surface area contributed by atoms with Gasteiger partial charge in [-0.25, -0.2) is 5.01 Å². The Morgan fingerprint density at radius 1 is 1.30 bits per heavy atom. The average molecular weight is 279 g/mol. The molecule has 0 aliphatic carbocycles. The van der Waals surface area contributed by atoms with E-state index in [1.54, 1.807) is 0 Å². The van der Waals surface area contributed by atoms with E-state index in [1.165, 1.54) is 18.2 Å². The molecule has 1 aliphatic heterocycles. The number of nitro benzene ring substituents is 1. The Morgan fingerprint density at radius 3 is 2.60 bits per heavy atom. The van der Waals surface area contributed by atoms with Crippen LogP contribution in [-0.4, -0.2) is 28.9 Å². The number of hydrazine groups is 2. The number of nitrogens with two attached hydrogens (primary N) is 1. The van der Waals surface area contributed by atoms with Gasteiger partial charge in [-0.1, -0.05) is 6.42 Å². The second-order valence-electron chi connectivity index (χ2n) is 4.62. The first kappa shape index (κ1) is 14.2. The minimum absolute atomic E-state index is 0.146. The number of hydrogen-bond donors (Lipinski definition) is 3. The number of nitrogens with one attached hydrogen (secondary N) is 2. The zero-order valence-electron chi connectivity index (χ0n) is 11.0. The summed E-state index contributed by atoms with van der Waals surface area (Å²) in [4.78, 5) is 22.4. The Hall–Kier alpha value is -2.19. The fraction of sp³-hybridized carbons (Fsp3) is 0.417. The summed E-state index contributed by atoms with van der Waals surface area (Å²) in [7, 11) is 0. The van der Waals surface area contributed by atoms with Gasteiger partial charge in [0.25, 0.3) is 11.6 Å². The van der Waals surface area contributed by atoms with Crippen molar-refractivity contribution in [2.24, 2.45) is 5.84 Å². The van der Waals surface area contributed by atoms with Crippen molar-refractivity contribution in [3.63, 3.8) is 0 Å². The second kappa shape index (κ2) is 6.31. The number of carbonyl (C=O) groups excluding carboxylic acids is 1. The molecule has 1 aromatic carbocycles. The van der Waals surface area contributed by atoms with Crippen molar-refractivity contribution in [2.75, 3.05) is 18.5 Å². The summed E-state index contributed by atoms with van der Waals surface area (Å²) in [5.41, 5.74) is 5.50. The van der Waals surface area contributed by atoms with E-state index < -0.39 is 10.8 Å². The summed E-state index contributed by atoms with van der Waals surface area (Å²) in [6, 6.07) is 3.94. The number of amides is 1. The van der Waals surface area contributed by atoms with Gasteiger partial charge < -0.3 is 5.43 Å². The van der Waals surface area contributed by atoms with Crippen LogP contribution in [0.15, 0.2) is 18.2 Å². The zero-order valence-corrected chi connectivity index (χ0v) is 11.0. The Labute approximate surface area is 116 Å². The van der Waals surface area contributed by atoms with Crippen molar-refractivity contribution < 1.29 is 9.72 Å². The molecular weight excluding hydrogens is 262 g/mol. The van der Waals surface area contributed by atoms with Gasteiger partial charge in [0.1, 0.15) is 0 Å². The van der Waals surface area contributed by atoms with Crippen LogP contribution in [0.2, 0.25) is 0 Å². The maximum atomic E-state index is 12.2. The number of non-ortho nitro benzene ring substituents is 1. The van der Waals surface area contributed by atoms with Crippen LogP contribution in [0.3, 0.4) is 0 Å². The van der Waals surface area contributed by atoms with Crippen LogP contribution in [-0.2, 0) is 0 Å². The number of hydrogen-bond acceptors (Lipinski definition) is 6. The van der Waals surface area contributed by atoms with Crippen molar-refractivity contribution in [3.8, 4) is 0 Å². The highest BCUT2D eigenvalue weighted by atomic mass is 16.6. The summed E-state index contributed by atoms with van der Waals surface area (Å²) in [5.74, 6) is 4.93. The molecule has 0 atom stereocenters. The summed E-state index contributed by atoms with van der Waals surface area (Å²) in [5, 5.41) is 12.6. The molecule has 1 aromatic rings. The lowest BCUT2D eigenvalue weighted by Gasteiger charge is -2.27. The average Bonchev–Trinajstić information content (AvgIpc) is 2.47. The van der Waals surface area contributed by atoms with Gasteiger partial charge >= 0.3 is 0 Å². The number of rotatable bonds is 4. The lowest BCUT2D eigenvalue weighted by atomic mass is 10.1. The number of nitrogen functional groups attached to an aromatic ring is 1. The molecule has 1 aliphatic rings. The Balaban J connectivity index is 2.18. The SMILES string of the molecule is NNc1ccc([N+](=O)[O-])cc1C(=O)NN1CCCCC1. The van der Waals surface area contributed by atoms with Gasteiger partial charge in [0.2, 0.25) is 0 Å². The van der Waals surface area contributed by atoms with E-state index in [9.17, 15) is 14.9 Å². The lowest BCUT2D eigenvalue weighted by molar-refractivity contribution is -0.384. The lowest BCUT2D eigenvalue weighted by Crippen LogP contribution is -2.45. The van der Waals surface area contributed by atoms with Crippen LogP contribution >= 0.6 is 0 Å². The third kappa shape index (κ3) is 3.22. The maximum absolute atomic E-state index is 12.2.